The molecule has 0 spiro atoms. The average Bonchev–Trinajstić information content (AvgIpc) is 3.32. The zero-order valence-corrected chi connectivity index (χ0v) is 22.7. The smallest absolute Gasteiger partial charge is 0.234 e. The summed E-state index contributed by atoms with van der Waals surface area (Å²) in [6.07, 6.45) is 0. The molecule has 3 unspecified atom stereocenters. The Hall–Kier alpha value is -1.99. The number of carbonyl (C=O) groups is 1. The summed E-state index contributed by atoms with van der Waals surface area (Å²) < 4.78 is 0. The molecule has 0 radical (unpaired) electrons. The average molecular weight is 530 g/mol. The second kappa shape index (κ2) is 9.47. The molecule has 3 aliphatic rings. The molecular formula is C27H30Cl2N4OS. The summed E-state index contributed by atoms with van der Waals surface area (Å²) >= 11 is 14.2. The molecule has 8 heteroatoms. The number of carbonyl (C=O) groups excluding carboxylic acids is 1. The summed E-state index contributed by atoms with van der Waals surface area (Å²) in [7, 11) is 0. The SMILES string of the molecule is CC(C)C1=C(C(C)N2CCNC(=O)C2)SC2=NC(C)(c3ccc(Cl)cc3)C(c3ccc(Cl)cc3)N21. The van der Waals surface area contributed by atoms with Gasteiger partial charge in [-0.2, -0.15) is 0 Å². The van der Waals surface area contributed by atoms with E-state index in [1.165, 1.54) is 10.6 Å². The van der Waals surface area contributed by atoms with Gasteiger partial charge in [-0.05, 0) is 55.2 Å². The van der Waals surface area contributed by atoms with Crippen LogP contribution in [-0.2, 0) is 10.3 Å². The van der Waals surface area contributed by atoms with Crippen molar-refractivity contribution in [3.8, 4) is 0 Å². The number of nitrogens with zero attached hydrogens (tertiary/aromatic N) is 3. The number of piperazine rings is 1. The number of amides is 1. The number of fused-ring (bicyclic) bond motifs is 1. The number of benzene rings is 2. The number of hydrogen-bond acceptors (Lipinski definition) is 5. The third-order valence-corrected chi connectivity index (χ3v) is 8.94. The van der Waals surface area contributed by atoms with Gasteiger partial charge in [-0.3, -0.25) is 9.69 Å². The Morgan fingerprint density at radius 1 is 1.06 bits per heavy atom. The minimum Gasteiger partial charge on any atom is -0.354 e. The molecule has 1 saturated heterocycles. The van der Waals surface area contributed by atoms with Gasteiger partial charge >= 0.3 is 0 Å². The molecular weight excluding hydrogens is 499 g/mol. The zero-order valence-electron chi connectivity index (χ0n) is 20.4. The van der Waals surface area contributed by atoms with Crippen molar-refractivity contribution in [1.82, 2.24) is 15.1 Å². The highest BCUT2D eigenvalue weighted by atomic mass is 35.5. The number of allylic oxidation sites excluding steroid dienone is 1. The largest absolute Gasteiger partial charge is 0.354 e. The Morgan fingerprint density at radius 2 is 1.69 bits per heavy atom. The lowest BCUT2D eigenvalue weighted by Crippen LogP contribution is -2.51. The lowest BCUT2D eigenvalue weighted by molar-refractivity contribution is -0.124. The van der Waals surface area contributed by atoms with Crippen molar-refractivity contribution in [2.75, 3.05) is 19.6 Å². The molecule has 2 aromatic rings. The molecule has 3 atom stereocenters. The molecule has 184 valence electrons. The van der Waals surface area contributed by atoms with Crippen molar-refractivity contribution >= 4 is 46.0 Å². The van der Waals surface area contributed by atoms with Gasteiger partial charge in [0.25, 0.3) is 0 Å². The minimum absolute atomic E-state index is 0.0322. The van der Waals surface area contributed by atoms with Crippen LogP contribution < -0.4 is 5.32 Å². The van der Waals surface area contributed by atoms with Gasteiger partial charge in [-0.15, -0.1) is 0 Å². The maximum absolute atomic E-state index is 12.1. The maximum Gasteiger partial charge on any atom is 0.234 e. The molecule has 3 heterocycles. The highest BCUT2D eigenvalue weighted by Crippen LogP contribution is 2.56. The predicted octanol–water partition coefficient (Wildman–Crippen LogP) is 6.06. The van der Waals surface area contributed by atoms with E-state index in [2.05, 4.69) is 67.1 Å². The first-order valence-corrected chi connectivity index (χ1v) is 13.6. The molecule has 0 saturated carbocycles. The Labute approximate surface area is 221 Å². The number of aliphatic imine (C=N–C) groups is 1. The fourth-order valence-electron chi connectivity index (χ4n) is 5.40. The fraction of sp³-hybridized carbons (Fsp3) is 0.407. The van der Waals surface area contributed by atoms with Crippen molar-refractivity contribution < 1.29 is 4.79 Å². The Kier molecular flexibility index (Phi) is 6.68. The molecule has 0 aliphatic carbocycles. The summed E-state index contributed by atoms with van der Waals surface area (Å²) in [5.74, 6) is 0.374. The van der Waals surface area contributed by atoms with Crippen LogP contribution in [0.2, 0.25) is 10.0 Å². The van der Waals surface area contributed by atoms with Crippen LogP contribution in [0.4, 0.5) is 0 Å². The lowest BCUT2D eigenvalue weighted by atomic mass is 9.81. The van der Waals surface area contributed by atoms with E-state index in [4.69, 9.17) is 28.2 Å². The topological polar surface area (TPSA) is 47.9 Å². The van der Waals surface area contributed by atoms with Gasteiger partial charge in [0.1, 0.15) is 5.54 Å². The first-order chi connectivity index (χ1) is 16.7. The van der Waals surface area contributed by atoms with Crippen molar-refractivity contribution in [3.63, 3.8) is 0 Å². The van der Waals surface area contributed by atoms with E-state index in [1.54, 1.807) is 11.8 Å². The third kappa shape index (κ3) is 4.39. The van der Waals surface area contributed by atoms with Crippen molar-refractivity contribution in [1.29, 1.82) is 0 Å². The van der Waals surface area contributed by atoms with Gasteiger partial charge in [0.05, 0.1) is 12.6 Å². The summed E-state index contributed by atoms with van der Waals surface area (Å²) in [4.78, 5) is 23.5. The predicted molar refractivity (Wildman–Crippen MR) is 146 cm³/mol. The Morgan fingerprint density at radius 3 is 2.29 bits per heavy atom. The van der Waals surface area contributed by atoms with E-state index < -0.39 is 5.54 Å². The molecule has 5 rings (SSSR count). The van der Waals surface area contributed by atoms with Gasteiger partial charge in [0.2, 0.25) is 5.91 Å². The zero-order chi connectivity index (χ0) is 24.9. The maximum atomic E-state index is 12.1. The molecule has 35 heavy (non-hydrogen) atoms. The fourth-order valence-corrected chi connectivity index (χ4v) is 7.15. The molecule has 1 amide bonds. The third-order valence-electron chi connectivity index (χ3n) is 7.19. The number of amidine groups is 1. The molecule has 0 bridgehead atoms. The number of thioether (sulfide) groups is 1. The highest BCUT2D eigenvalue weighted by molar-refractivity contribution is 8.17. The van der Waals surface area contributed by atoms with Crippen LogP contribution in [0.5, 0.6) is 0 Å². The van der Waals surface area contributed by atoms with Crippen LogP contribution in [-0.4, -0.2) is 46.6 Å². The van der Waals surface area contributed by atoms with E-state index in [1.807, 2.05) is 24.3 Å². The summed E-state index contributed by atoms with van der Waals surface area (Å²) in [6, 6.07) is 16.3. The second-order valence-corrected chi connectivity index (χ2v) is 11.8. The molecule has 1 fully saturated rings. The molecule has 1 N–H and O–H groups in total. The van der Waals surface area contributed by atoms with Gasteiger partial charge in [-0.1, -0.05) is 73.1 Å². The van der Waals surface area contributed by atoms with Gasteiger partial charge in [-0.25, -0.2) is 4.99 Å². The van der Waals surface area contributed by atoms with Crippen molar-refractivity contribution in [2.45, 2.75) is 45.3 Å². The minimum atomic E-state index is -0.499. The van der Waals surface area contributed by atoms with Gasteiger partial charge in [0.15, 0.2) is 5.17 Å². The Balaban J connectivity index is 1.61. The monoisotopic (exact) mass is 528 g/mol. The number of rotatable bonds is 5. The summed E-state index contributed by atoms with van der Waals surface area (Å²) in [5, 5.41) is 5.38. The summed E-state index contributed by atoms with van der Waals surface area (Å²) in [6.45, 7) is 10.9. The number of hydrogen-bond donors (Lipinski definition) is 1. The normalized spacial score (nSPS) is 25.7. The van der Waals surface area contributed by atoms with Crippen molar-refractivity contribution in [3.05, 3.63) is 80.3 Å². The van der Waals surface area contributed by atoms with Crippen molar-refractivity contribution in [2.24, 2.45) is 10.9 Å². The quantitative estimate of drug-likeness (QED) is 0.512. The van der Waals surface area contributed by atoms with Crippen LogP contribution in [0.1, 0.15) is 44.9 Å². The lowest BCUT2D eigenvalue weighted by Gasteiger charge is -2.38. The molecule has 5 nitrogen and oxygen atoms in total. The van der Waals surface area contributed by atoms with E-state index in [9.17, 15) is 4.79 Å². The van der Waals surface area contributed by atoms with Crippen LogP contribution in [0.3, 0.4) is 0 Å². The van der Waals surface area contributed by atoms with E-state index in [0.717, 1.165) is 22.8 Å². The van der Waals surface area contributed by atoms with Crippen LogP contribution in [0.25, 0.3) is 0 Å². The van der Waals surface area contributed by atoms with Gasteiger partial charge < -0.3 is 10.2 Å². The highest BCUT2D eigenvalue weighted by Gasteiger charge is 2.53. The van der Waals surface area contributed by atoms with E-state index in [-0.39, 0.29) is 23.9 Å². The molecule has 0 aromatic heterocycles. The van der Waals surface area contributed by atoms with Gasteiger partial charge in [0, 0.05) is 39.8 Å². The number of halogens is 2. The second-order valence-electron chi connectivity index (χ2n) is 9.88. The first kappa shape index (κ1) is 24.7. The van der Waals surface area contributed by atoms with E-state index >= 15 is 0 Å². The summed E-state index contributed by atoms with van der Waals surface area (Å²) in [5.41, 5.74) is 3.07. The molecule has 3 aliphatic heterocycles. The number of nitrogens with one attached hydrogen (secondary N) is 1. The first-order valence-electron chi connectivity index (χ1n) is 12.0. The van der Waals surface area contributed by atoms with Crippen LogP contribution in [0.15, 0.2) is 64.1 Å². The standard InChI is InChI=1S/C27H30Cl2N4OS/c1-16(2)23-24(17(3)32-14-13-30-22(34)15-32)35-26-31-27(4,19-7-11-21(29)12-8-19)25(33(23)26)18-5-9-20(28)10-6-18/h5-12,16-17,25H,13-15H2,1-4H3,(H,30,34). The van der Waals surface area contributed by atoms with Crippen LogP contribution >= 0.6 is 35.0 Å². The molecule has 2 aromatic carbocycles. The van der Waals surface area contributed by atoms with E-state index in [0.29, 0.717) is 23.1 Å². The van der Waals surface area contributed by atoms with Crippen LogP contribution in [0, 0.1) is 5.92 Å². The Bertz CT molecular complexity index is 1190.